The Morgan fingerprint density at radius 2 is 1.94 bits per heavy atom. The maximum Gasteiger partial charge on any atom is 0.330 e. The molecule has 1 saturated heterocycles. The molecule has 1 aliphatic heterocycles. The molecule has 4 aliphatic carbocycles. The van der Waals surface area contributed by atoms with Crippen LogP contribution in [0.5, 0.6) is 0 Å². The summed E-state index contributed by atoms with van der Waals surface area (Å²) < 4.78 is 6.26. The standard InChI is InChI=1S/C30H40O4/c1-18(2)22-16-23-25-28(6)12-10-21(19(3)8-7-9-20(4)26(32)33)27(28,5)14-15-30(25)17-29(22,30)13-11-24(31)34-23/h9-10,22-23,25H,1,3,7-8,11-17H2,2,4-6H3,(H,32,33). The second-order valence-corrected chi connectivity index (χ2v) is 12.5. The van der Waals surface area contributed by atoms with Gasteiger partial charge in [-0.3, -0.25) is 4.79 Å². The lowest BCUT2D eigenvalue weighted by atomic mass is 9.43. The minimum absolute atomic E-state index is 0.000197. The fourth-order valence-corrected chi connectivity index (χ4v) is 9.38. The molecule has 34 heavy (non-hydrogen) atoms. The van der Waals surface area contributed by atoms with Crippen LogP contribution in [0.1, 0.15) is 85.5 Å². The van der Waals surface area contributed by atoms with Gasteiger partial charge in [-0.1, -0.05) is 50.3 Å². The Morgan fingerprint density at radius 1 is 1.21 bits per heavy atom. The van der Waals surface area contributed by atoms with Crippen LogP contribution in [-0.4, -0.2) is 23.1 Å². The van der Waals surface area contributed by atoms with Crippen molar-refractivity contribution in [2.24, 2.45) is 33.5 Å². The summed E-state index contributed by atoms with van der Waals surface area (Å²) in [7, 11) is 0. The van der Waals surface area contributed by atoms with Crippen molar-refractivity contribution in [3.63, 3.8) is 0 Å². The quantitative estimate of drug-likeness (QED) is 0.267. The van der Waals surface area contributed by atoms with Gasteiger partial charge in [0.2, 0.25) is 0 Å². The number of fused-ring (bicyclic) bond motifs is 5. The van der Waals surface area contributed by atoms with Crippen molar-refractivity contribution >= 4 is 11.9 Å². The van der Waals surface area contributed by atoms with Crippen LogP contribution in [0.2, 0.25) is 0 Å². The number of rotatable bonds is 6. The Kier molecular flexibility index (Phi) is 5.18. The third-order valence-electron chi connectivity index (χ3n) is 11.2. The number of carboxylic acid groups (broad SMARTS) is 1. The maximum absolute atomic E-state index is 12.7. The summed E-state index contributed by atoms with van der Waals surface area (Å²) in [5.74, 6) is -0.0441. The molecule has 1 N–H and O–H groups in total. The molecule has 7 atom stereocenters. The van der Waals surface area contributed by atoms with Crippen LogP contribution in [0.3, 0.4) is 0 Å². The van der Waals surface area contributed by atoms with Crippen molar-refractivity contribution in [1.82, 2.24) is 0 Å². The lowest BCUT2D eigenvalue weighted by molar-refractivity contribution is -0.192. The van der Waals surface area contributed by atoms with Crippen LogP contribution in [0, 0.1) is 33.5 Å². The molecule has 0 amide bonds. The lowest BCUT2D eigenvalue weighted by Crippen LogP contribution is -2.59. The van der Waals surface area contributed by atoms with Gasteiger partial charge in [0.05, 0.1) is 0 Å². The first kappa shape index (κ1) is 23.6. The normalized spacial score (nSPS) is 44.6. The summed E-state index contributed by atoms with van der Waals surface area (Å²) >= 11 is 0. The van der Waals surface area contributed by atoms with Crippen LogP contribution in [0.25, 0.3) is 0 Å². The third kappa shape index (κ3) is 2.89. The van der Waals surface area contributed by atoms with E-state index in [0.717, 1.165) is 37.7 Å². The highest BCUT2D eigenvalue weighted by Crippen LogP contribution is 2.87. The largest absolute Gasteiger partial charge is 0.478 e. The maximum atomic E-state index is 12.7. The molecule has 4 nitrogen and oxygen atoms in total. The van der Waals surface area contributed by atoms with E-state index in [2.05, 4.69) is 40.0 Å². The van der Waals surface area contributed by atoms with Gasteiger partial charge in [0.15, 0.2) is 0 Å². The number of hydrogen-bond acceptors (Lipinski definition) is 3. The van der Waals surface area contributed by atoms with Crippen molar-refractivity contribution in [3.8, 4) is 0 Å². The van der Waals surface area contributed by atoms with Gasteiger partial charge >= 0.3 is 11.9 Å². The van der Waals surface area contributed by atoms with Crippen molar-refractivity contribution in [3.05, 3.63) is 47.6 Å². The molecule has 0 aromatic carbocycles. The molecule has 7 unspecified atom stereocenters. The summed E-state index contributed by atoms with van der Waals surface area (Å²) in [5, 5.41) is 9.15. The first-order valence-corrected chi connectivity index (χ1v) is 13.1. The topological polar surface area (TPSA) is 63.6 Å². The van der Waals surface area contributed by atoms with Crippen LogP contribution in [0.4, 0.5) is 0 Å². The van der Waals surface area contributed by atoms with Gasteiger partial charge in [-0.25, -0.2) is 4.79 Å². The van der Waals surface area contributed by atoms with Gasteiger partial charge in [0, 0.05) is 17.9 Å². The number of hydrogen-bond donors (Lipinski definition) is 1. The summed E-state index contributed by atoms with van der Waals surface area (Å²) in [6.07, 6.45) is 12.6. The Labute approximate surface area is 204 Å². The molecule has 0 aromatic heterocycles. The summed E-state index contributed by atoms with van der Waals surface area (Å²) in [5.41, 5.74) is 4.67. The monoisotopic (exact) mass is 464 g/mol. The zero-order valence-electron chi connectivity index (χ0n) is 21.3. The summed E-state index contributed by atoms with van der Waals surface area (Å²) in [4.78, 5) is 23.8. The molecule has 3 saturated carbocycles. The second-order valence-electron chi connectivity index (χ2n) is 12.5. The number of carboxylic acids is 1. The average Bonchev–Trinajstić information content (AvgIpc) is 3.32. The highest BCUT2D eigenvalue weighted by molar-refractivity contribution is 5.85. The van der Waals surface area contributed by atoms with E-state index in [0.29, 0.717) is 30.3 Å². The van der Waals surface area contributed by atoms with Gasteiger partial charge in [-0.15, -0.1) is 0 Å². The van der Waals surface area contributed by atoms with Gasteiger partial charge in [0.25, 0.3) is 0 Å². The van der Waals surface area contributed by atoms with E-state index in [1.165, 1.54) is 24.0 Å². The predicted molar refractivity (Wildman–Crippen MR) is 133 cm³/mol. The number of ether oxygens (including phenoxy) is 1. The van der Waals surface area contributed by atoms with Gasteiger partial charge in [0.1, 0.15) is 6.10 Å². The molecular weight excluding hydrogens is 424 g/mol. The van der Waals surface area contributed by atoms with Gasteiger partial charge < -0.3 is 9.84 Å². The average molecular weight is 465 g/mol. The zero-order chi connectivity index (χ0) is 24.7. The van der Waals surface area contributed by atoms with E-state index in [1.807, 2.05) is 0 Å². The van der Waals surface area contributed by atoms with Crippen molar-refractivity contribution in [2.75, 3.05) is 0 Å². The molecule has 2 bridgehead atoms. The summed E-state index contributed by atoms with van der Waals surface area (Å²) in [6, 6.07) is 0. The zero-order valence-corrected chi connectivity index (χ0v) is 21.3. The predicted octanol–water partition coefficient (Wildman–Crippen LogP) is 6.78. The number of esters is 1. The summed E-state index contributed by atoms with van der Waals surface area (Å²) in [6.45, 7) is 17.5. The van der Waals surface area contributed by atoms with Crippen molar-refractivity contribution in [1.29, 1.82) is 0 Å². The molecule has 1 heterocycles. The molecular formula is C30H40O4. The molecule has 0 aromatic rings. The van der Waals surface area contributed by atoms with Crippen LogP contribution in [0.15, 0.2) is 47.6 Å². The van der Waals surface area contributed by atoms with Crippen LogP contribution in [-0.2, 0) is 14.3 Å². The van der Waals surface area contributed by atoms with Crippen LogP contribution < -0.4 is 0 Å². The minimum Gasteiger partial charge on any atom is -0.478 e. The lowest BCUT2D eigenvalue weighted by Gasteiger charge is -2.62. The Morgan fingerprint density at radius 3 is 2.62 bits per heavy atom. The highest BCUT2D eigenvalue weighted by Gasteiger charge is 2.82. The smallest absolute Gasteiger partial charge is 0.330 e. The second kappa shape index (κ2) is 7.45. The molecule has 5 rings (SSSR count). The molecule has 2 spiro atoms. The number of carbonyl (C=O) groups is 2. The van der Waals surface area contributed by atoms with Crippen molar-refractivity contribution < 1.29 is 19.4 Å². The number of aliphatic carboxylic acids is 1. The first-order chi connectivity index (χ1) is 15.9. The molecule has 184 valence electrons. The molecule has 5 aliphatic rings. The Bertz CT molecular complexity index is 1050. The first-order valence-electron chi connectivity index (χ1n) is 13.1. The fourth-order valence-electron chi connectivity index (χ4n) is 9.38. The highest BCUT2D eigenvalue weighted by atomic mass is 16.5. The third-order valence-corrected chi connectivity index (χ3v) is 11.2. The van der Waals surface area contributed by atoms with E-state index in [-0.39, 0.29) is 33.7 Å². The molecule has 0 radical (unpaired) electrons. The van der Waals surface area contributed by atoms with E-state index in [4.69, 9.17) is 9.84 Å². The number of carbonyl (C=O) groups excluding carboxylic acids is 1. The molecule has 4 fully saturated rings. The van der Waals surface area contributed by atoms with E-state index < -0.39 is 5.97 Å². The van der Waals surface area contributed by atoms with Gasteiger partial charge in [-0.2, -0.15) is 0 Å². The SMILES string of the molecule is C=C(CCC=C(C)C(=O)O)C1=CCC2(C)C3C4CC(C(=C)C)C5(CCC(=O)O4)CC35CCC12C. The van der Waals surface area contributed by atoms with E-state index in [1.54, 1.807) is 13.0 Å². The minimum atomic E-state index is -0.858. The molecule has 4 heteroatoms. The number of allylic oxidation sites excluding steroid dienone is 5. The van der Waals surface area contributed by atoms with E-state index >= 15 is 0 Å². The van der Waals surface area contributed by atoms with Crippen LogP contribution >= 0.6 is 0 Å². The van der Waals surface area contributed by atoms with E-state index in [9.17, 15) is 9.59 Å². The van der Waals surface area contributed by atoms with Crippen molar-refractivity contribution in [2.45, 2.75) is 91.6 Å². The fraction of sp³-hybridized carbons (Fsp3) is 0.667. The van der Waals surface area contributed by atoms with Gasteiger partial charge in [-0.05, 0) is 98.4 Å². The Balaban J connectivity index is 1.45. The Hall–Kier alpha value is -2.10.